The SMILES string of the molecule is NN=NN=C(N)NNN=O. The first-order valence-electron chi connectivity index (χ1n) is 2.08. The lowest BCUT2D eigenvalue weighted by Gasteiger charge is -1.95. The Kier molecular flexibility index (Phi) is 4.21. The van der Waals surface area contributed by atoms with Gasteiger partial charge in [0.05, 0.1) is 5.29 Å². The van der Waals surface area contributed by atoms with E-state index in [0.29, 0.717) is 0 Å². The van der Waals surface area contributed by atoms with E-state index in [9.17, 15) is 4.91 Å². The van der Waals surface area contributed by atoms with Crippen LogP contribution in [0.15, 0.2) is 20.8 Å². The maximum atomic E-state index is 9.37. The predicted octanol–water partition coefficient (Wildman–Crippen LogP) is -1.68. The number of hydrogen-bond donors (Lipinski definition) is 4. The Bertz CT molecular complexity index is 147. The molecule has 9 nitrogen and oxygen atoms in total. The molecule has 0 bridgehead atoms. The smallest absolute Gasteiger partial charge is 0.235 e. The molecule has 6 N–H and O–H groups in total. The summed E-state index contributed by atoms with van der Waals surface area (Å²) in [4.78, 5) is 9.37. The van der Waals surface area contributed by atoms with Crippen molar-refractivity contribution in [1.82, 2.24) is 11.0 Å². The number of rotatable bonds is 3. The molecule has 0 aromatic carbocycles. The third-order valence-electron chi connectivity index (χ3n) is 0.434. The summed E-state index contributed by atoms with van der Waals surface area (Å²) in [7, 11) is 0. The second kappa shape index (κ2) is 5.21. The van der Waals surface area contributed by atoms with Gasteiger partial charge in [0.2, 0.25) is 5.96 Å². The summed E-state index contributed by atoms with van der Waals surface area (Å²) in [5.41, 5.74) is 8.85. The second-order valence-corrected chi connectivity index (χ2v) is 1.02. The molecule has 0 aliphatic rings. The van der Waals surface area contributed by atoms with Gasteiger partial charge in [0, 0.05) is 0 Å². The van der Waals surface area contributed by atoms with E-state index in [1.807, 2.05) is 0 Å². The van der Waals surface area contributed by atoms with Crippen molar-refractivity contribution in [2.75, 3.05) is 0 Å². The summed E-state index contributed by atoms with van der Waals surface area (Å²) in [6.07, 6.45) is 0. The van der Waals surface area contributed by atoms with E-state index in [4.69, 9.17) is 5.73 Å². The van der Waals surface area contributed by atoms with E-state index in [0.717, 1.165) is 0 Å². The molecule has 0 aliphatic carbocycles. The van der Waals surface area contributed by atoms with Crippen LogP contribution in [-0.2, 0) is 0 Å². The lowest BCUT2D eigenvalue weighted by molar-refractivity contribution is 0.683. The minimum absolute atomic E-state index is 0.172. The summed E-state index contributed by atoms with van der Waals surface area (Å²) in [6, 6.07) is 0. The normalized spacial score (nSPS) is 11.4. The minimum Gasteiger partial charge on any atom is -0.367 e. The highest BCUT2D eigenvalue weighted by Crippen LogP contribution is 1.67. The van der Waals surface area contributed by atoms with E-state index in [2.05, 4.69) is 32.1 Å². The predicted molar refractivity (Wildman–Crippen MR) is 32.7 cm³/mol. The zero-order chi connectivity index (χ0) is 7.82. The number of nitroso groups, excluding NO2 is 1. The van der Waals surface area contributed by atoms with E-state index in [-0.39, 0.29) is 5.96 Å². The van der Waals surface area contributed by atoms with Crippen LogP contribution in [-0.4, -0.2) is 5.96 Å². The van der Waals surface area contributed by atoms with Gasteiger partial charge in [-0.05, 0) is 5.22 Å². The van der Waals surface area contributed by atoms with E-state index >= 15 is 0 Å². The quantitative estimate of drug-likeness (QED) is 0.0938. The molecule has 0 aromatic rings. The highest BCUT2D eigenvalue weighted by Gasteiger charge is 1.84. The van der Waals surface area contributed by atoms with Gasteiger partial charge in [0.1, 0.15) is 0 Å². The number of hydrazine groups is 1. The van der Waals surface area contributed by atoms with Gasteiger partial charge in [-0.1, -0.05) is 10.3 Å². The van der Waals surface area contributed by atoms with Gasteiger partial charge in [-0.3, -0.25) is 5.43 Å². The molecule has 0 atom stereocenters. The van der Waals surface area contributed by atoms with Gasteiger partial charge < -0.3 is 11.6 Å². The summed E-state index contributed by atoms with van der Waals surface area (Å²) in [5, 5.41) is 11.1. The Balaban J connectivity index is 3.59. The standard InChI is InChI=1S/CH6N8O/c2-1(4-7-6-3)5-8-9-10/h(H2,3,7)(H,8,10)(H3,2,4,5,6,9). The third kappa shape index (κ3) is 4.23. The molecule has 0 aromatic heterocycles. The fourth-order valence-electron chi connectivity index (χ4n) is 0.179. The van der Waals surface area contributed by atoms with Crippen LogP contribution >= 0.6 is 0 Å². The molecule has 0 saturated carbocycles. The summed E-state index contributed by atoms with van der Waals surface area (Å²) < 4.78 is 0. The van der Waals surface area contributed by atoms with E-state index in [1.165, 1.54) is 0 Å². The van der Waals surface area contributed by atoms with Gasteiger partial charge in [0.25, 0.3) is 0 Å². The Morgan fingerprint density at radius 3 is 2.70 bits per heavy atom. The van der Waals surface area contributed by atoms with Crippen molar-refractivity contribution >= 4 is 5.96 Å². The molecular weight excluding hydrogens is 140 g/mol. The molecule has 10 heavy (non-hydrogen) atoms. The fourth-order valence-corrected chi connectivity index (χ4v) is 0.179. The molecule has 0 aliphatic heterocycles. The number of nitrogens with one attached hydrogen (secondary N) is 2. The molecule has 0 spiro atoms. The van der Waals surface area contributed by atoms with Crippen molar-refractivity contribution in [3.05, 3.63) is 4.91 Å². The minimum atomic E-state index is -0.172. The van der Waals surface area contributed by atoms with E-state index in [1.54, 1.807) is 5.53 Å². The van der Waals surface area contributed by atoms with Gasteiger partial charge in [-0.15, -0.1) is 4.91 Å². The van der Waals surface area contributed by atoms with Crippen LogP contribution in [0.3, 0.4) is 0 Å². The summed E-state index contributed by atoms with van der Waals surface area (Å²) in [6.45, 7) is 0. The Labute approximate surface area is 55.4 Å². The molecule has 0 rings (SSSR count). The molecule has 0 amide bonds. The first-order valence-corrected chi connectivity index (χ1v) is 2.08. The third-order valence-corrected chi connectivity index (χ3v) is 0.434. The van der Waals surface area contributed by atoms with Crippen molar-refractivity contribution in [2.45, 2.75) is 0 Å². The number of nitrogens with two attached hydrogens (primary N) is 2. The van der Waals surface area contributed by atoms with Crippen LogP contribution < -0.4 is 22.5 Å². The van der Waals surface area contributed by atoms with Crippen LogP contribution in [0.4, 0.5) is 0 Å². The van der Waals surface area contributed by atoms with Gasteiger partial charge in [0.15, 0.2) is 0 Å². The lowest BCUT2D eigenvalue weighted by atomic mass is 11.1. The molecule has 0 unspecified atom stereocenters. The highest BCUT2D eigenvalue weighted by atomic mass is 16.3. The number of hydrogen-bond acceptors (Lipinski definition) is 4. The molecule has 0 fully saturated rings. The van der Waals surface area contributed by atoms with Crippen molar-refractivity contribution in [3.63, 3.8) is 0 Å². The largest absolute Gasteiger partial charge is 0.367 e. The maximum Gasteiger partial charge on any atom is 0.235 e. The summed E-state index contributed by atoms with van der Waals surface area (Å²) >= 11 is 0. The monoisotopic (exact) mass is 146 g/mol. The van der Waals surface area contributed by atoms with E-state index < -0.39 is 0 Å². The number of nitrogens with zero attached hydrogens (tertiary/aromatic N) is 4. The zero-order valence-corrected chi connectivity index (χ0v) is 4.85. The van der Waals surface area contributed by atoms with Crippen LogP contribution in [0.5, 0.6) is 0 Å². The second-order valence-electron chi connectivity index (χ2n) is 1.02. The molecule has 9 heteroatoms. The fraction of sp³-hybridized carbons (Fsp3) is 0. The average Bonchev–Trinajstić information content (AvgIpc) is 1.97. The van der Waals surface area contributed by atoms with Crippen molar-refractivity contribution in [3.8, 4) is 0 Å². The molecule has 0 radical (unpaired) electrons. The maximum absolute atomic E-state index is 9.37. The highest BCUT2D eigenvalue weighted by molar-refractivity contribution is 5.76. The molecular formula is CH6N8O. The topological polar surface area (TPSA) is 143 Å². The Hall–Kier alpha value is -1.93. The summed E-state index contributed by atoms with van der Waals surface area (Å²) in [5.74, 6) is 4.40. The van der Waals surface area contributed by atoms with Gasteiger partial charge >= 0.3 is 0 Å². The van der Waals surface area contributed by atoms with Crippen LogP contribution in [0.1, 0.15) is 0 Å². The first-order chi connectivity index (χ1) is 4.81. The average molecular weight is 146 g/mol. The Morgan fingerprint density at radius 2 is 2.20 bits per heavy atom. The van der Waals surface area contributed by atoms with Gasteiger partial charge in [-0.2, -0.15) is 5.53 Å². The zero-order valence-electron chi connectivity index (χ0n) is 4.85. The Morgan fingerprint density at radius 1 is 1.50 bits per heavy atom. The van der Waals surface area contributed by atoms with Crippen LogP contribution in [0, 0.1) is 4.91 Å². The van der Waals surface area contributed by atoms with Crippen molar-refractivity contribution < 1.29 is 0 Å². The number of guanidine groups is 1. The first kappa shape index (κ1) is 8.07. The lowest BCUT2D eigenvalue weighted by Crippen LogP contribution is -2.38. The van der Waals surface area contributed by atoms with Crippen LogP contribution in [0.2, 0.25) is 0 Å². The van der Waals surface area contributed by atoms with Crippen molar-refractivity contribution in [2.24, 2.45) is 32.4 Å². The molecule has 0 heterocycles. The van der Waals surface area contributed by atoms with Gasteiger partial charge in [-0.25, -0.2) is 0 Å². The molecule has 56 valence electrons. The molecule has 0 saturated heterocycles. The van der Waals surface area contributed by atoms with Crippen LogP contribution in [0.25, 0.3) is 0 Å². The van der Waals surface area contributed by atoms with Crippen molar-refractivity contribution in [1.29, 1.82) is 0 Å².